The number of rotatable bonds is 6. The maximum atomic E-state index is 13.0. The summed E-state index contributed by atoms with van der Waals surface area (Å²) in [5.74, 6) is -0.809. The van der Waals surface area contributed by atoms with E-state index >= 15 is 0 Å². The molecule has 0 aliphatic carbocycles. The Bertz CT molecular complexity index is 1610. The van der Waals surface area contributed by atoms with Gasteiger partial charge in [-0.25, -0.2) is 4.98 Å². The van der Waals surface area contributed by atoms with Gasteiger partial charge >= 0.3 is 0 Å². The van der Waals surface area contributed by atoms with Gasteiger partial charge in [-0.2, -0.15) is 9.78 Å². The number of anilines is 1. The second kappa shape index (κ2) is 9.80. The van der Waals surface area contributed by atoms with Crippen molar-refractivity contribution >= 4 is 22.9 Å². The number of pyridine rings is 1. The molecule has 0 fully saturated rings. The van der Waals surface area contributed by atoms with Crippen molar-refractivity contribution in [2.24, 2.45) is 0 Å². The summed E-state index contributed by atoms with van der Waals surface area (Å²) >= 11 is 1.51. The standard InChI is InChI=1S/C26H19N5O4S/c1-35-22-8-3-2-7-20(22)31-23(33)14-21(32)24(30-31)25(34)28-18-6-4-5-17(13-18)19-15-36-26(29-19)16-9-11-27-12-10-16/h2-15,32H,1H3,(H,28,34). The topological polar surface area (TPSA) is 119 Å². The van der Waals surface area contributed by atoms with E-state index in [1.54, 1.807) is 54.9 Å². The lowest BCUT2D eigenvalue weighted by atomic mass is 10.1. The van der Waals surface area contributed by atoms with Crippen molar-refractivity contribution in [2.45, 2.75) is 0 Å². The van der Waals surface area contributed by atoms with Crippen molar-refractivity contribution in [3.63, 3.8) is 0 Å². The quantitative estimate of drug-likeness (QED) is 0.357. The summed E-state index contributed by atoms with van der Waals surface area (Å²) in [5.41, 5.74) is 2.44. The highest BCUT2D eigenvalue weighted by atomic mass is 32.1. The summed E-state index contributed by atoms with van der Waals surface area (Å²) in [5, 5.41) is 19.9. The van der Waals surface area contributed by atoms with Crippen LogP contribution >= 0.6 is 11.3 Å². The van der Waals surface area contributed by atoms with Gasteiger partial charge < -0.3 is 15.2 Å². The third-order valence-corrected chi connectivity index (χ3v) is 6.18. The summed E-state index contributed by atoms with van der Waals surface area (Å²) in [7, 11) is 1.47. The molecular weight excluding hydrogens is 478 g/mol. The summed E-state index contributed by atoms with van der Waals surface area (Å²) in [4.78, 5) is 34.2. The Labute approximate surface area is 209 Å². The molecule has 3 aromatic heterocycles. The molecule has 0 saturated carbocycles. The Morgan fingerprint density at radius 3 is 2.64 bits per heavy atom. The van der Waals surface area contributed by atoms with E-state index in [4.69, 9.17) is 9.72 Å². The van der Waals surface area contributed by atoms with E-state index in [0.29, 0.717) is 17.1 Å². The van der Waals surface area contributed by atoms with Crippen molar-refractivity contribution in [1.29, 1.82) is 0 Å². The van der Waals surface area contributed by atoms with E-state index in [0.717, 1.165) is 32.6 Å². The summed E-state index contributed by atoms with van der Waals surface area (Å²) < 4.78 is 6.31. The number of amides is 1. The molecule has 0 spiro atoms. The van der Waals surface area contributed by atoms with Crippen LogP contribution in [0.15, 0.2) is 89.3 Å². The number of aromatic nitrogens is 4. The molecule has 0 radical (unpaired) electrons. The first-order valence-corrected chi connectivity index (χ1v) is 11.7. The number of nitrogens with zero attached hydrogens (tertiary/aromatic N) is 4. The van der Waals surface area contributed by atoms with Crippen molar-refractivity contribution in [2.75, 3.05) is 12.4 Å². The van der Waals surface area contributed by atoms with Gasteiger partial charge in [0, 0.05) is 40.7 Å². The van der Waals surface area contributed by atoms with Crippen molar-refractivity contribution in [1.82, 2.24) is 19.7 Å². The van der Waals surface area contributed by atoms with E-state index in [9.17, 15) is 14.7 Å². The van der Waals surface area contributed by atoms with E-state index < -0.39 is 17.2 Å². The molecule has 0 atom stereocenters. The van der Waals surface area contributed by atoms with Gasteiger partial charge in [-0.3, -0.25) is 14.6 Å². The van der Waals surface area contributed by atoms with Crippen LogP contribution in [0, 0.1) is 0 Å². The van der Waals surface area contributed by atoms with Gasteiger partial charge in [0.15, 0.2) is 11.4 Å². The van der Waals surface area contributed by atoms with Crippen molar-refractivity contribution in [3.8, 4) is 39.0 Å². The lowest BCUT2D eigenvalue weighted by Crippen LogP contribution is -2.25. The summed E-state index contributed by atoms with van der Waals surface area (Å²) in [6, 6.07) is 18.6. The SMILES string of the molecule is COc1ccccc1-n1nc(C(=O)Nc2cccc(-c3csc(-c4ccncc4)n3)c2)c(O)cc1=O. The van der Waals surface area contributed by atoms with Crippen LogP contribution in [-0.2, 0) is 0 Å². The number of benzene rings is 2. The highest BCUT2D eigenvalue weighted by Crippen LogP contribution is 2.30. The minimum atomic E-state index is -0.677. The van der Waals surface area contributed by atoms with Crippen LogP contribution in [0.25, 0.3) is 27.5 Å². The molecule has 9 nitrogen and oxygen atoms in total. The number of thiazole rings is 1. The predicted molar refractivity (Wildman–Crippen MR) is 137 cm³/mol. The van der Waals surface area contributed by atoms with Crippen LogP contribution in [0.1, 0.15) is 10.5 Å². The van der Waals surface area contributed by atoms with Gasteiger partial charge in [-0.15, -0.1) is 11.3 Å². The zero-order valence-electron chi connectivity index (χ0n) is 19.0. The van der Waals surface area contributed by atoms with E-state index in [2.05, 4.69) is 15.4 Å². The normalized spacial score (nSPS) is 10.7. The number of aromatic hydroxyl groups is 1. The van der Waals surface area contributed by atoms with Crippen molar-refractivity contribution in [3.05, 3.63) is 101 Å². The Balaban J connectivity index is 1.42. The van der Waals surface area contributed by atoms with Gasteiger partial charge in [0.2, 0.25) is 0 Å². The van der Waals surface area contributed by atoms with Crippen LogP contribution in [0.5, 0.6) is 11.5 Å². The minimum absolute atomic E-state index is 0.306. The Hall–Kier alpha value is -4.83. The molecule has 5 rings (SSSR count). The molecule has 0 bridgehead atoms. The number of carbonyl (C=O) groups is 1. The van der Waals surface area contributed by atoms with Crippen LogP contribution < -0.4 is 15.6 Å². The number of methoxy groups -OCH3 is 1. The predicted octanol–water partition coefficient (Wildman–Crippen LogP) is 4.38. The second-order valence-electron chi connectivity index (χ2n) is 7.61. The first kappa shape index (κ1) is 22.9. The van der Waals surface area contributed by atoms with E-state index in [-0.39, 0.29) is 5.69 Å². The molecule has 10 heteroatoms. The summed E-state index contributed by atoms with van der Waals surface area (Å²) in [6.07, 6.45) is 3.43. The maximum Gasteiger partial charge on any atom is 0.279 e. The molecule has 178 valence electrons. The molecule has 0 unspecified atom stereocenters. The highest BCUT2D eigenvalue weighted by Gasteiger charge is 2.19. The molecule has 5 aromatic rings. The Morgan fingerprint density at radius 1 is 1.03 bits per heavy atom. The smallest absolute Gasteiger partial charge is 0.279 e. The van der Waals surface area contributed by atoms with Crippen LogP contribution in [0.3, 0.4) is 0 Å². The fourth-order valence-electron chi connectivity index (χ4n) is 3.57. The van der Waals surface area contributed by atoms with E-state index in [1.807, 2.05) is 23.6 Å². The number of hydrogen-bond acceptors (Lipinski definition) is 8. The number of ether oxygens (including phenoxy) is 1. The molecule has 2 aromatic carbocycles. The van der Waals surface area contributed by atoms with Gasteiger partial charge in [-0.05, 0) is 36.4 Å². The van der Waals surface area contributed by atoms with Crippen molar-refractivity contribution < 1.29 is 14.6 Å². The van der Waals surface area contributed by atoms with Gasteiger partial charge in [0.05, 0.1) is 12.8 Å². The first-order chi connectivity index (χ1) is 17.5. The van der Waals surface area contributed by atoms with Crippen LogP contribution in [-0.4, -0.2) is 37.9 Å². The fraction of sp³-hybridized carbons (Fsp3) is 0.0385. The summed E-state index contributed by atoms with van der Waals surface area (Å²) in [6.45, 7) is 0. The molecule has 1 amide bonds. The van der Waals surface area contributed by atoms with Crippen LogP contribution in [0.2, 0.25) is 0 Å². The zero-order valence-corrected chi connectivity index (χ0v) is 19.8. The third kappa shape index (κ3) is 4.57. The molecule has 0 aliphatic heterocycles. The lowest BCUT2D eigenvalue weighted by Gasteiger charge is -2.12. The highest BCUT2D eigenvalue weighted by molar-refractivity contribution is 7.13. The zero-order chi connectivity index (χ0) is 25.1. The molecule has 3 heterocycles. The molecule has 0 aliphatic rings. The lowest BCUT2D eigenvalue weighted by molar-refractivity contribution is 0.101. The molecule has 2 N–H and O–H groups in total. The molecule has 0 saturated heterocycles. The maximum absolute atomic E-state index is 13.0. The monoisotopic (exact) mass is 497 g/mol. The average molecular weight is 498 g/mol. The number of nitrogens with one attached hydrogen (secondary N) is 1. The van der Waals surface area contributed by atoms with Gasteiger partial charge in [0.1, 0.15) is 16.4 Å². The first-order valence-electron chi connectivity index (χ1n) is 10.8. The van der Waals surface area contributed by atoms with E-state index in [1.165, 1.54) is 18.4 Å². The molecule has 36 heavy (non-hydrogen) atoms. The third-order valence-electron chi connectivity index (χ3n) is 5.29. The minimum Gasteiger partial charge on any atom is -0.505 e. The van der Waals surface area contributed by atoms with Gasteiger partial charge in [0.25, 0.3) is 11.5 Å². The van der Waals surface area contributed by atoms with Crippen LogP contribution in [0.4, 0.5) is 5.69 Å². The Kier molecular flexibility index (Phi) is 6.25. The largest absolute Gasteiger partial charge is 0.505 e. The molecular formula is C26H19N5O4S. The Morgan fingerprint density at radius 2 is 1.83 bits per heavy atom. The number of carbonyl (C=O) groups excluding carboxylic acids is 1. The van der Waals surface area contributed by atoms with Gasteiger partial charge in [-0.1, -0.05) is 24.3 Å². The number of para-hydroxylation sites is 2. The second-order valence-corrected chi connectivity index (χ2v) is 8.47. The fourth-order valence-corrected chi connectivity index (χ4v) is 4.40. The average Bonchev–Trinajstić information content (AvgIpc) is 3.40. The number of hydrogen-bond donors (Lipinski definition) is 2.